The lowest BCUT2D eigenvalue weighted by Crippen LogP contribution is -2.25. The van der Waals surface area contributed by atoms with E-state index in [2.05, 4.69) is 5.32 Å². The summed E-state index contributed by atoms with van der Waals surface area (Å²) in [6.45, 7) is 1.26. The van der Waals surface area contributed by atoms with E-state index in [9.17, 15) is 19.2 Å². The molecular weight excluding hydrogens is 326 g/mol. The second-order valence-electron chi connectivity index (χ2n) is 5.27. The van der Waals surface area contributed by atoms with E-state index in [0.717, 1.165) is 0 Å². The summed E-state index contributed by atoms with van der Waals surface area (Å²) in [6, 6.07) is 9.79. The van der Waals surface area contributed by atoms with Gasteiger partial charge in [-0.3, -0.25) is 9.59 Å². The largest absolute Gasteiger partial charge is 0.478 e. The van der Waals surface area contributed by atoms with Gasteiger partial charge in [0.15, 0.2) is 5.78 Å². The monoisotopic (exact) mass is 341 g/mol. The number of carbonyl (C=O) groups is 4. The molecule has 1 amide bonds. The molecule has 2 rings (SSSR count). The van der Waals surface area contributed by atoms with Crippen LogP contribution in [0.1, 0.15) is 53.9 Å². The third-order valence-electron chi connectivity index (χ3n) is 3.58. The van der Waals surface area contributed by atoms with Crippen molar-refractivity contribution in [1.29, 1.82) is 0 Å². The molecule has 0 aliphatic rings. The van der Waals surface area contributed by atoms with E-state index >= 15 is 0 Å². The molecule has 0 atom stereocenters. The number of ketones is 1. The molecule has 0 aliphatic carbocycles. The maximum Gasteiger partial charge on any atom is 0.336 e. The summed E-state index contributed by atoms with van der Waals surface area (Å²) in [5, 5.41) is 20.7. The van der Waals surface area contributed by atoms with Gasteiger partial charge in [-0.1, -0.05) is 18.2 Å². The number of benzene rings is 2. The first-order valence-corrected chi connectivity index (χ1v) is 7.29. The van der Waals surface area contributed by atoms with E-state index < -0.39 is 17.8 Å². The lowest BCUT2D eigenvalue weighted by atomic mass is 10.0. The van der Waals surface area contributed by atoms with Crippen LogP contribution in [0.4, 0.5) is 0 Å². The molecule has 0 spiro atoms. The van der Waals surface area contributed by atoms with Gasteiger partial charge < -0.3 is 15.5 Å². The van der Waals surface area contributed by atoms with Gasteiger partial charge in [0.2, 0.25) is 0 Å². The molecule has 0 saturated carbocycles. The molecule has 7 nitrogen and oxygen atoms in total. The standard InChI is InChI=1S/C18H15NO6/c1-10(20)15-8-11(17(22)23)6-7-12(15)9-19-16(21)13-4-2-3-5-14(13)18(24)25/h2-8H,9H2,1H3,(H,19,21)(H,22,23)(H,24,25). The van der Waals surface area contributed by atoms with E-state index in [1.54, 1.807) is 6.07 Å². The third kappa shape index (κ3) is 4.08. The molecule has 0 radical (unpaired) electrons. The van der Waals surface area contributed by atoms with Crippen LogP contribution in [0.25, 0.3) is 0 Å². The molecule has 2 aromatic carbocycles. The van der Waals surface area contributed by atoms with Crippen molar-refractivity contribution in [3.05, 3.63) is 70.3 Å². The van der Waals surface area contributed by atoms with Crippen molar-refractivity contribution in [2.75, 3.05) is 0 Å². The average Bonchev–Trinajstić information content (AvgIpc) is 2.59. The summed E-state index contributed by atoms with van der Waals surface area (Å²) >= 11 is 0. The van der Waals surface area contributed by atoms with Crippen LogP contribution >= 0.6 is 0 Å². The summed E-state index contributed by atoms with van der Waals surface area (Å²) in [5.74, 6) is -3.32. The molecular formula is C18H15NO6. The van der Waals surface area contributed by atoms with Crippen molar-refractivity contribution in [2.24, 2.45) is 0 Å². The van der Waals surface area contributed by atoms with E-state index in [1.807, 2.05) is 0 Å². The highest BCUT2D eigenvalue weighted by Crippen LogP contribution is 2.14. The molecule has 0 heterocycles. The number of Topliss-reactive ketones (excluding diaryl/α,β-unsaturated/α-hetero) is 1. The Bertz CT molecular complexity index is 872. The molecule has 0 aromatic heterocycles. The van der Waals surface area contributed by atoms with E-state index in [0.29, 0.717) is 5.56 Å². The molecule has 0 aliphatic heterocycles. The second kappa shape index (κ2) is 7.39. The normalized spacial score (nSPS) is 10.1. The fourth-order valence-electron chi connectivity index (χ4n) is 2.33. The zero-order valence-electron chi connectivity index (χ0n) is 13.3. The van der Waals surface area contributed by atoms with Gasteiger partial charge in [-0.15, -0.1) is 0 Å². The predicted octanol–water partition coefficient (Wildman–Crippen LogP) is 2.22. The van der Waals surface area contributed by atoms with Crippen LogP contribution in [0.5, 0.6) is 0 Å². The molecule has 7 heteroatoms. The molecule has 0 unspecified atom stereocenters. The number of nitrogens with one attached hydrogen (secondary N) is 1. The van der Waals surface area contributed by atoms with Gasteiger partial charge in [0.05, 0.1) is 16.7 Å². The van der Waals surface area contributed by atoms with Crippen LogP contribution in [0.2, 0.25) is 0 Å². The smallest absolute Gasteiger partial charge is 0.336 e. The summed E-state index contributed by atoms with van der Waals surface area (Å²) in [5.41, 5.74) is 0.469. The summed E-state index contributed by atoms with van der Waals surface area (Å²) in [6.07, 6.45) is 0. The van der Waals surface area contributed by atoms with Crippen molar-refractivity contribution in [1.82, 2.24) is 5.32 Å². The number of carboxylic acid groups (broad SMARTS) is 2. The predicted molar refractivity (Wildman–Crippen MR) is 88.0 cm³/mol. The van der Waals surface area contributed by atoms with Gasteiger partial charge in [-0.05, 0) is 36.8 Å². The van der Waals surface area contributed by atoms with Crippen LogP contribution < -0.4 is 5.32 Å². The summed E-state index contributed by atoms with van der Waals surface area (Å²) < 4.78 is 0. The Labute approximate surface area is 142 Å². The van der Waals surface area contributed by atoms with E-state index in [4.69, 9.17) is 10.2 Å². The third-order valence-corrected chi connectivity index (χ3v) is 3.58. The lowest BCUT2D eigenvalue weighted by molar-refractivity contribution is 0.0684. The molecule has 0 saturated heterocycles. The Morgan fingerprint density at radius 2 is 1.52 bits per heavy atom. The minimum absolute atomic E-state index is 0.00142. The molecule has 3 N–H and O–H groups in total. The molecule has 0 bridgehead atoms. The van der Waals surface area contributed by atoms with Gasteiger partial charge in [0.1, 0.15) is 0 Å². The van der Waals surface area contributed by atoms with Gasteiger partial charge in [-0.2, -0.15) is 0 Å². The van der Waals surface area contributed by atoms with Crippen molar-refractivity contribution < 1.29 is 29.4 Å². The number of carbonyl (C=O) groups excluding carboxylic acids is 2. The molecule has 25 heavy (non-hydrogen) atoms. The first kappa shape index (κ1) is 17.9. The Kier molecular flexibility index (Phi) is 5.28. The molecule has 0 fully saturated rings. The maximum absolute atomic E-state index is 12.2. The van der Waals surface area contributed by atoms with Crippen LogP contribution in [0.3, 0.4) is 0 Å². The van der Waals surface area contributed by atoms with Crippen LogP contribution in [0.15, 0.2) is 42.5 Å². The van der Waals surface area contributed by atoms with Gasteiger partial charge in [0.25, 0.3) is 5.91 Å². The summed E-state index contributed by atoms with van der Waals surface area (Å²) in [7, 11) is 0. The Morgan fingerprint density at radius 3 is 2.08 bits per heavy atom. The highest BCUT2D eigenvalue weighted by atomic mass is 16.4. The number of carboxylic acids is 2. The Balaban J connectivity index is 2.24. The average molecular weight is 341 g/mol. The second-order valence-corrected chi connectivity index (χ2v) is 5.27. The number of amides is 1. The summed E-state index contributed by atoms with van der Waals surface area (Å²) in [4.78, 5) is 46.1. The van der Waals surface area contributed by atoms with Crippen LogP contribution in [0, 0.1) is 0 Å². The minimum Gasteiger partial charge on any atom is -0.478 e. The quantitative estimate of drug-likeness (QED) is 0.693. The highest BCUT2D eigenvalue weighted by molar-refractivity contribution is 6.05. The molecule has 2 aromatic rings. The van der Waals surface area contributed by atoms with Crippen molar-refractivity contribution in [3.8, 4) is 0 Å². The fraction of sp³-hybridized carbons (Fsp3) is 0.111. The number of aromatic carboxylic acids is 2. The first-order valence-electron chi connectivity index (χ1n) is 7.29. The van der Waals surface area contributed by atoms with Crippen molar-refractivity contribution >= 4 is 23.6 Å². The van der Waals surface area contributed by atoms with Gasteiger partial charge in [-0.25, -0.2) is 9.59 Å². The highest BCUT2D eigenvalue weighted by Gasteiger charge is 2.17. The van der Waals surface area contributed by atoms with E-state index in [-0.39, 0.29) is 34.6 Å². The van der Waals surface area contributed by atoms with Crippen LogP contribution in [-0.4, -0.2) is 33.8 Å². The maximum atomic E-state index is 12.2. The van der Waals surface area contributed by atoms with Crippen molar-refractivity contribution in [3.63, 3.8) is 0 Å². The van der Waals surface area contributed by atoms with Gasteiger partial charge >= 0.3 is 11.9 Å². The number of rotatable bonds is 6. The minimum atomic E-state index is -1.22. The Hall–Kier alpha value is -3.48. The zero-order valence-corrected chi connectivity index (χ0v) is 13.3. The van der Waals surface area contributed by atoms with Crippen molar-refractivity contribution in [2.45, 2.75) is 13.5 Å². The zero-order chi connectivity index (χ0) is 18.6. The SMILES string of the molecule is CC(=O)c1cc(C(=O)O)ccc1CNC(=O)c1ccccc1C(=O)O. The fourth-order valence-corrected chi connectivity index (χ4v) is 2.33. The number of hydrogen-bond acceptors (Lipinski definition) is 4. The number of hydrogen-bond donors (Lipinski definition) is 3. The lowest BCUT2D eigenvalue weighted by Gasteiger charge is -2.11. The molecule has 128 valence electrons. The first-order chi connectivity index (χ1) is 11.8. The van der Waals surface area contributed by atoms with Gasteiger partial charge in [0, 0.05) is 12.1 Å². The van der Waals surface area contributed by atoms with E-state index in [1.165, 1.54) is 43.3 Å². The topological polar surface area (TPSA) is 121 Å². The Morgan fingerprint density at radius 1 is 0.880 bits per heavy atom. The van der Waals surface area contributed by atoms with Crippen LogP contribution in [-0.2, 0) is 6.54 Å².